The quantitative estimate of drug-likeness (QED) is 0.857. The van der Waals surface area contributed by atoms with Crippen molar-refractivity contribution in [3.63, 3.8) is 0 Å². The lowest BCUT2D eigenvalue weighted by Gasteiger charge is -2.06. The summed E-state index contributed by atoms with van der Waals surface area (Å²) in [5, 5.41) is 3.59. The van der Waals surface area contributed by atoms with E-state index in [1.807, 2.05) is 0 Å². The molecule has 0 radical (unpaired) electrons. The molecule has 1 aliphatic rings. The first kappa shape index (κ1) is 11.3. The lowest BCUT2D eigenvalue weighted by atomic mass is 10.3. The van der Waals surface area contributed by atoms with Gasteiger partial charge < -0.3 is 10.1 Å². The minimum absolute atomic E-state index is 0.0662. The van der Waals surface area contributed by atoms with E-state index in [4.69, 9.17) is 16.3 Å². The average molecular weight is 240 g/mol. The number of amides is 1. The van der Waals surface area contributed by atoms with Crippen LogP contribution in [0.2, 0.25) is 5.02 Å². The van der Waals surface area contributed by atoms with Crippen molar-refractivity contribution in [2.75, 3.05) is 6.61 Å². The van der Waals surface area contributed by atoms with Crippen LogP contribution in [-0.2, 0) is 4.79 Å². The van der Waals surface area contributed by atoms with Gasteiger partial charge in [0.2, 0.25) is 5.91 Å². The first-order valence-corrected chi connectivity index (χ1v) is 5.79. The molecule has 0 saturated heterocycles. The maximum atomic E-state index is 11.3. The van der Waals surface area contributed by atoms with Crippen LogP contribution in [0.4, 0.5) is 0 Å². The summed E-state index contributed by atoms with van der Waals surface area (Å²) in [5.74, 6) is 0.806. The lowest BCUT2D eigenvalue weighted by molar-refractivity contribution is -0.121. The fourth-order valence-electron chi connectivity index (χ4n) is 1.32. The molecule has 4 heteroatoms. The molecule has 1 saturated carbocycles. The molecule has 0 bridgehead atoms. The molecule has 0 aromatic heterocycles. The highest BCUT2D eigenvalue weighted by Crippen LogP contribution is 2.19. The van der Waals surface area contributed by atoms with Gasteiger partial charge in [0.05, 0.1) is 13.0 Å². The molecule has 0 unspecified atom stereocenters. The molecule has 1 aromatic carbocycles. The average Bonchev–Trinajstić information content (AvgIpc) is 3.05. The van der Waals surface area contributed by atoms with Gasteiger partial charge in [-0.25, -0.2) is 0 Å². The second-order valence-electron chi connectivity index (χ2n) is 3.89. The molecule has 1 fully saturated rings. The minimum atomic E-state index is 0.0662. The Kier molecular flexibility index (Phi) is 3.67. The maximum absolute atomic E-state index is 11.3. The van der Waals surface area contributed by atoms with Gasteiger partial charge in [0, 0.05) is 11.1 Å². The molecule has 16 heavy (non-hydrogen) atoms. The standard InChI is InChI=1S/C12H14ClNO2/c13-9-1-5-11(6-2-9)16-8-7-12(15)14-10-3-4-10/h1-2,5-6,10H,3-4,7-8H2,(H,14,15). The Bertz CT molecular complexity index is 360. The molecular weight excluding hydrogens is 226 g/mol. The van der Waals surface area contributed by atoms with Crippen LogP contribution in [0, 0.1) is 0 Å². The topological polar surface area (TPSA) is 38.3 Å². The van der Waals surface area contributed by atoms with E-state index in [1.54, 1.807) is 24.3 Å². The first-order valence-electron chi connectivity index (χ1n) is 5.42. The van der Waals surface area contributed by atoms with Gasteiger partial charge >= 0.3 is 0 Å². The normalized spacial score (nSPS) is 14.6. The van der Waals surface area contributed by atoms with Crippen LogP contribution >= 0.6 is 11.6 Å². The molecule has 3 nitrogen and oxygen atoms in total. The van der Waals surface area contributed by atoms with Crippen LogP contribution in [0.1, 0.15) is 19.3 Å². The number of ether oxygens (including phenoxy) is 1. The number of rotatable bonds is 5. The van der Waals surface area contributed by atoms with E-state index in [2.05, 4.69) is 5.32 Å². The summed E-state index contributed by atoms with van der Waals surface area (Å²) in [7, 11) is 0. The lowest BCUT2D eigenvalue weighted by Crippen LogP contribution is -2.26. The largest absolute Gasteiger partial charge is 0.493 e. The van der Waals surface area contributed by atoms with Crippen molar-refractivity contribution in [1.29, 1.82) is 0 Å². The Balaban J connectivity index is 1.66. The van der Waals surface area contributed by atoms with Crippen molar-refractivity contribution in [2.24, 2.45) is 0 Å². The summed E-state index contributed by atoms with van der Waals surface area (Å²) >= 11 is 5.74. The number of carbonyl (C=O) groups excluding carboxylic acids is 1. The molecule has 1 amide bonds. The number of hydrogen-bond donors (Lipinski definition) is 1. The van der Waals surface area contributed by atoms with E-state index in [0.717, 1.165) is 18.6 Å². The van der Waals surface area contributed by atoms with Gasteiger partial charge in [-0.05, 0) is 37.1 Å². The van der Waals surface area contributed by atoms with Crippen LogP contribution in [0.15, 0.2) is 24.3 Å². The summed E-state index contributed by atoms with van der Waals surface area (Å²) < 4.78 is 5.41. The summed E-state index contributed by atoms with van der Waals surface area (Å²) in [5.41, 5.74) is 0. The summed E-state index contributed by atoms with van der Waals surface area (Å²) in [4.78, 5) is 11.3. The minimum Gasteiger partial charge on any atom is -0.493 e. The highest BCUT2D eigenvalue weighted by molar-refractivity contribution is 6.30. The summed E-state index contributed by atoms with van der Waals surface area (Å²) in [6.07, 6.45) is 2.63. The van der Waals surface area contributed by atoms with Gasteiger partial charge in [-0.15, -0.1) is 0 Å². The number of carbonyl (C=O) groups is 1. The van der Waals surface area contributed by atoms with Crippen molar-refractivity contribution in [3.8, 4) is 5.75 Å². The van der Waals surface area contributed by atoms with Crippen molar-refractivity contribution < 1.29 is 9.53 Å². The molecule has 0 heterocycles. The molecular formula is C12H14ClNO2. The SMILES string of the molecule is O=C(CCOc1ccc(Cl)cc1)NC1CC1. The smallest absolute Gasteiger partial charge is 0.223 e. The van der Waals surface area contributed by atoms with Gasteiger partial charge in [-0.1, -0.05) is 11.6 Å². The predicted molar refractivity (Wildman–Crippen MR) is 62.7 cm³/mol. The van der Waals surface area contributed by atoms with Crippen LogP contribution < -0.4 is 10.1 Å². The summed E-state index contributed by atoms with van der Waals surface area (Å²) in [6.45, 7) is 0.403. The number of nitrogens with one attached hydrogen (secondary N) is 1. The fourth-order valence-corrected chi connectivity index (χ4v) is 1.45. The number of halogens is 1. The third-order valence-electron chi connectivity index (χ3n) is 2.35. The maximum Gasteiger partial charge on any atom is 0.223 e. The second-order valence-corrected chi connectivity index (χ2v) is 4.33. The predicted octanol–water partition coefficient (Wildman–Crippen LogP) is 2.39. The Hall–Kier alpha value is -1.22. The third kappa shape index (κ3) is 3.74. The zero-order valence-corrected chi connectivity index (χ0v) is 9.67. The molecule has 0 atom stereocenters. The van der Waals surface area contributed by atoms with Crippen molar-refractivity contribution >= 4 is 17.5 Å². The monoisotopic (exact) mass is 239 g/mol. The molecule has 0 spiro atoms. The highest BCUT2D eigenvalue weighted by Gasteiger charge is 2.22. The number of hydrogen-bond acceptors (Lipinski definition) is 2. The van der Waals surface area contributed by atoms with Crippen molar-refractivity contribution in [1.82, 2.24) is 5.32 Å². The van der Waals surface area contributed by atoms with Crippen molar-refractivity contribution in [3.05, 3.63) is 29.3 Å². The molecule has 1 aromatic rings. The van der Waals surface area contributed by atoms with Crippen LogP contribution in [0.3, 0.4) is 0 Å². The second kappa shape index (κ2) is 5.21. The van der Waals surface area contributed by atoms with Crippen LogP contribution in [-0.4, -0.2) is 18.6 Å². The van der Waals surface area contributed by atoms with E-state index in [0.29, 0.717) is 24.1 Å². The summed E-state index contributed by atoms with van der Waals surface area (Å²) in [6, 6.07) is 7.54. The van der Waals surface area contributed by atoms with Crippen LogP contribution in [0.5, 0.6) is 5.75 Å². The Morgan fingerprint density at radius 2 is 2.06 bits per heavy atom. The van der Waals surface area contributed by atoms with Gasteiger partial charge in [0.25, 0.3) is 0 Å². The molecule has 1 N–H and O–H groups in total. The van der Waals surface area contributed by atoms with E-state index in [9.17, 15) is 4.79 Å². The van der Waals surface area contributed by atoms with E-state index < -0.39 is 0 Å². The molecule has 2 rings (SSSR count). The van der Waals surface area contributed by atoms with Gasteiger partial charge in [-0.3, -0.25) is 4.79 Å². The molecule has 86 valence electrons. The number of benzene rings is 1. The highest BCUT2D eigenvalue weighted by atomic mass is 35.5. The van der Waals surface area contributed by atoms with E-state index >= 15 is 0 Å². The fraction of sp³-hybridized carbons (Fsp3) is 0.417. The molecule has 0 aliphatic heterocycles. The Morgan fingerprint density at radius 1 is 1.38 bits per heavy atom. The third-order valence-corrected chi connectivity index (χ3v) is 2.61. The molecule has 1 aliphatic carbocycles. The first-order chi connectivity index (χ1) is 7.74. The van der Waals surface area contributed by atoms with Crippen molar-refractivity contribution in [2.45, 2.75) is 25.3 Å². The zero-order valence-electron chi connectivity index (χ0n) is 8.91. The van der Waals surface area contributed by atoms with Gasteiger partial charge in [0.15, 0.2) is 0 Å². The van der Waals surface area contributed by atoms with Gasteiger partial charge in [-0.2, -0.15) is 0 Å². The Labute approximate surface area is 99.7 Å². The zero-order chi connectivity index (χ0) is 11.4. The van der Waals surface area contributed by atoms with Gasteiger partial charge in [0.1, 0.15) is 5.75 Å². The van der Waals surface area contributed by atoms with E-state index in [1.165, 1.54) is 0 Å². The van der Waals surface area contributed by atoms with Crippen LogP contribution in [0.25, 0.3) is 0 Å². The van der Waals surface area contributed by atoms with E-state index in [-0.39, 0.29) is 5.91 Å². The Morgan fingerprint density at radius 3 is 2.69 bits per heavy atom.